The third kappa shape index (κ3) is 2.01. The second-order valence-corrected chi connectivity index (χ2v) is 4.23. The number of hydrogen-bond acceptors (Lipinski definition) is 4. The van der Waals surface area contributed by atoms with E-state index in [0.29, 0.717) is 11.6 Å². The van der Waals surface area contributed by atoms with Crippen molar-refractivity contribution < 1.29 is 19.4 Å². The first-order valence-electron chi connectivity index (χ1n) is 5.57. The molecule has 6 nitrogen and oxygen atoms in total. The Kier molecular flexibility index (Phi) is 3.18. The molecule has 1 aromatic rings. The highest BCUT2D eigenvalue weighted by Gasteiger charge is 2.37. The number of carboxylic acids is 1. The lowest BCUT2D eigenvalue weighted by atomic mass is 10.1. The van der Waals surface area contributed by atoms with E-state index in [1.807, 2.05) is 6.92 Å². The van der Waals surface area contributed by atoms with Crippen LogP contribution in [-0.2, 0) is 9.59 Å². The van der Waals surface area contributed by atoms with E-state index >= 15 is 0 Å². The molecule has 1 aliphatic heterocycles. The number of carboxylic acid groups (broad SMARTS) is 1. The van der Waals surface area contributed by atoms with Crippen molar-refractivity contribution in [3.05, 3.63) is 17.8 Å². The van der Waals surface area contributed by atoms with Crippen molar-refractivity contribution in [1.29, 1.82) is 0 Å². The minimum Gasteiger partial charge on any atom is -0.481 e. The van der Waals surface area contributed by atoms with E-state index in [-0.39, 0.29) is 18.9 Å². The van der Waals surface area contributed by atoms with Gasteiger partial charge < -0.3 is 14.7 Å². The summed E-state index contributed by atoms with van der Waals surface area (Å²) in [6, 6.07) is 1.76. The lowest BCUT2D eigenvalue weighted by molar-refractivity contribution is -0.141. The number of hydrogen-bond donors (Lipinski definition) is 1. The summed E-state index contributed by atoms with van der Waals surface area (Å²) in [5, 5.41) is 8.97. The highest BCUT2D eigenvalue weighted by Crippen LogP contribution is 2.34. The fourth-order valence-corrected chi connectivity index (χ4v) is 2.09. The molecular weight excluding hydrogens is 236 g/mol. The molecule has 2 rings (SSSR count). The van der Waals surface area contributed by atoms with E-state index in [1.54, 1.807) is 12.3 Å². The monoisotopic (exact) mass is 250 g/mol. The predicted octanol–water partition coefficient (Wildman–Crippen LogP) is 0.836. The number of aliphatic carboxylic acids is 1. The standard InChI is InChI=1S/C12H14N2O4/c1-7-3-4-13-11(18-2)10(7)14-6-8(12(16)17)5-9(14)15/h3-4,8H,5-6H2,1-2H3,(H,16,17). The van der Waals surface area contributed by atoms with Gasteiger partial charge in [0.15, 0.2) is 0 Å². The van der Waals surface area contributed by atoms with Crippen LogP contribution in [0.15, 0.2) is 12.3 Å². The summed E-state index contributed by atoms with van der Waals surface area (Å²) in [5.74, 6) is -1.49. The lowest BCUT2D eigenvalue weighted by Gasteiger charge is -2.20. The van der Waals surface area contributed by atoms with Crippen LogP contribution in [-0.4, -0.2) is 35.6 Å². The highest BCUT2D eigenvalue weighted by molar-refractivity contribution is 6.00. The predicted molar refractivity (Wildman–Crippen MR) is 63.6 cm³/mol. The molecule has 1 aromatic heterocycles. The second kappa shape index (κ2) is 4.64. The Morgan fingerprint density at radius 1 is 1.61 bits per heavy atom. The summed E-state index contributed by atoms with van der Waals surface area (Å²) >= 11 is 0. The van der Waals surface area contributed by atoms with Crippen LogP contribution in [0.25, 0.3) is 0 Å². The molecule has 0 spiro atoms. The summed E-state index contributed by atoms with van der Waals surface area (Å²) in [4.78, 5) is 28.3. The zero-order valence-electron chi connectivity index (χ0n) is 10.2. The third-order valence-electron chi connectivity index (χ3n) is 3.03. The van der Waals surface area contributed by atoms with Crippen molar-refractivity contribution in [2.75, 3.05) is 18.6 Å². The molecule has 1 amide bonds. The van der Waals surface area contributed by atoms with E-state index in [1.165, 1.54) is 12.0 Å². The van der Waals surface area contributed by atoms with Crippen LogP contribution >= 0.6 is 0 Å². The zero-order chi connectivity index (χ0) is 13.3. The molecule has 1 fully saturated rings. The molecule has 0 aliphatic carbocycles. The van der Waals surface area contributed by atoms with E-state index < -0.39 is 11.9 Å². The lowest BCUT2D eigenvalue weighted by Crippen LogP contribution is -2.27. The Morgan fingerprint density at radius 3 is 2.89 bits per heavy atom. The van der Waals surface area contributed by atoms with Crippen LogP contribution in [0.4, 0.5) is 5.69 Å². The van der Waals surface area contributed by atoms with Crippen molar-refractivity contribution >= 4 is 17.6 Å². The molecule has 0 saturated carbocycles. The van der Waals surface area contributed by atoms with Gasteiger partial charge in [-0.15, -0.1) is 0 Å². The van der Waals surface area contributed by atoms with Crippen LogP contribution in [0, 0.1) is 12.8 Å². The summed E-state index contributed by atoms with van der Waals surface area (Å²) < 4.78 is 5.13. The average Bonchev–Trinajstić information content (AvgIpc) is 2.71. The van der Waals surface area contributed by atoms with Crippen molar-refractivity contribution in [3.63, 3.8) is 0 Å². The maximum absolute atomic E-state index is 11.9. The van der Waals surface area contributed by atoms with Crippen molar-refractivity contribution in [1.82, 2.24) is 4.98 Å². The number of nitrogens with zero attached hydrogens (tertiary/aromatic N) is 2. The molecule has 1 aliphatic rings. The third-order valence-corrected chi connectivity index (χ3v) is 3.03. The van der Waals surface area contributed by atoms with Gasteiger partial charge in [-0.25, -0.2) is 4.98 Å². The number of rotatable bonds is 3. The first-order chi connectivity index (χ1) is 8.54. The Labute approximate surface area is 104 Å². The van der Waals surface area contributed by atoms with E-state index in [2.05, 4.69) is 4.98 Å². The first kappa shape index (κ1) is 12.3. The molecule has 18 heavy (non-hydrogen) atoms. The number of ether oxygens (including phenoxy) is 1. The van der Waals surface area contributed by atoms with Gasteiger partial charge in [0.1, 0.15) is 5.69 Å². The van der Waals surface area contributed by atoms with Crippen LogP contribution in [0.5, 0.6) is 5.88 Å². The van der Waals surface area contributed by atoms with Crippen molar-refractivity contribution in [3.8, 4) is 5.88 Å². The van der Waals surface area contributed by atoms with E-state index in [9.17, 15) is 9.59 Å². The molecule has 2 heterocycles. The maximum atomic E-state index is 11.9. The molecule has 1 N–H and O–H groups in total. The molecule has 0 radical (unpaired) electrons. The maximum Gasteiger partial charge on any atom is 0.308 e. The second-order valence-electron chi connectivity index (χ2n) is 4.23. The van der Waals surface area contributed by atoms with Gasteiger partial charge in [0.2, 0.25) is 11.8 Å². The Bertz CT molecular complexity index is 501. The van der Waals surface area contributed by atoms with Gasteiger partial charge in [-0.3, -0.25) is 9.59 Å². The fraction of sp³-hybridized carbons (Fsp3) is 0.417. The number of aryl methyl sites for hydroxylation is 1. The number of methoxy groups -OCH3 is 1. The summed E-state index contributed by atoms with van der Waals surface area (Å²) in [6.45, 7) is 2.00. The average molecular weight is 250 g/mol. The van der Waals surface area contributed by atoms with Crippen LogP contribution in [0.2, 0.25) is 0 Å². The molecule has 0 aromatic carbocycles. The summed E-state index contributed by atoms with van der Waals surface area (Å²) in [7, 11) is 1.47. The largest absolute Gasteiger partial charge is 0.481 e. The van der Waals surface area contributed by atoms with Gasteiger partial charge >= 0.3 is 5.97 Å². The van der Waals surface area contributed by atoms with E-state index in [4.69, 9.17) is 9.84 Å². The number of anilines is 1. The number of pyridine rings is 1. The smallest absolute Gasteiger partial charge is 0.308 e. The highest BCUT2D eigenvalue weighted by atomic mass is 16.5. The van der Waals surface area contributed by atoms with E-state index in [0.717, 1.165) is 5.56 Å². The number of aromatic nitrogens is 1. The van der Waals surface area contributed by atoms with Gasteiger partial charge in [0.25, 0.3) is 0 Å². The molecule has 0 bridgehead atoms. The normalized spacial score (nSPS) is 19.1. The Morgan fingerprint density at radius 2 is 2.33 bits per heavy atom. The van der Waals surface area contributed by atoms with Crippen LogP contribution in [0.1, 0.15) is 12.0 Å². The molecule has 1 unspecified atom stereocenters. The molecule has 1 saturated heterocycles. The van der Waals surface area contributed by atoms with Crippen molar-refractivity contribution in [2.45, 2.75) is 13.3 Å². The Hall–Kier alpha value is -2.11. The molecule has 1 atom stereocenters. The molecule has 6 heteroatoms. The van der Waals surface area contributed by atoms with Crippen LogP contribution in [0.3, 0.4) is 0 Å². The topological polar surface area (TPSA) is 79.7 Å². The molecular formula is C12H14N2O4. The zero-order valence-corrected chi connectivity index (χ0v) is 10.2. The van der Waals surface area contributed by atoms with Gasteiger partial charge in [0, 0.05) is 19.2 Å². The summed E-state index contributed by atoms with van der Waals surface area (Å²) in [5.41, 5.74) is 1.40. The first-order valence-corrected chi connectivity index (χ1v) is 5.57. The minimum atomic E-state index is -0.952. The van der Waals surface area contributed by atoms with Crippen LogP contribution < -0.4 is 9.64 Å². The number of carbonyl (C=O) groups is 2. The Balaban J connectivity index is 2.38. The fourth-order valence-electron chi connectivity index (χ4n) is 2.09. The number of amides is 1. The summed E-state index contributed by atoms with van der Waals surface area (Å²) in [6.07, 6.45) is 1.61. The SMILES string of the molecule is COc1nccc(C)c1N1CC(C(=O)O)CC1=O. The van der Waals surface area contributed by atoms with Gasteiger partial charge in [-0.2, -0.15) is 0 Å². The molecule has 96 valence electrons. The van der Waals surface area contributed by atoms with Gasteiger partial charge in [-0.05, 0) is 18.6 Å². The minimum absolute atomic E-state index is 0.0207. The quantitative estimate of drug-likeness (QED) is 0.859. The number of carbonyl (C=O) groups excluding carboxylic acids is 1. The van der Waals surface area contributed by atoms with Gasteiger partial charge in [-0.1, -0.05) is 0 Å². The van der Waals surface area contributed by atoms with Gasteiger partial charge in [0.05, 0.1) is 13.0 Å². The van der Waals surface area contributed by atoms with Crippen molar-refractivity contribution in [2.24, 2.45) is 5.92 Å².